The van der Waals surface area contributed by atoms with Crippen molar-refractivity contribution in [1.29, 1.82) is 0 Å². The number of rotatable bonds is 2. The van der Waals surface area contributed by atoms with Crippen molar-refractivity contribution in [2.24, 2.45) is 0 Å². The van der Waals surface area contributed by atoms with Gasteiger partial charge in [0.1, 0.15) is 5.65 Å². The van der Waals surface area contributed by atoms with E-state index in [9.17, 15) is 4.79 Å². The van der Waals surface area contributed by atoms with E-state index in [2.05, 4.69) is 16.0 Å². The third-order valence-corrected chi connectivity index (χ3v) is 3.72. The second-order valence-corrected chi connectivity index (χ2v) is 4.99. The van der Waals surface area contributed by atoms with E-state index in [0.717, 1.165) is 33.2 Å². The third-order valence-electron chi connectivity index (χ3n) is 3.72. The van der Waals surface area contributed by atoms with Gasteiger partial charge in [0, 0.05) is 34.9 Å². The average Bonchev–Trinajstić information content (AvgIpc) is 3.08. The van der Waals surface area contributed by atoms with Gasteiger partial charge in [-0.25, -0.2) is 4.98 Å². The van der Waals surface area contributed by atoms with Gasteiger partial charge in [-0.2, -0.15) is 0 Å². The van der Waals surface area contributed by atoms with E-state index in [1.165, 1.54) is 0 Å². The minimum Gasteiger partial charge on any atom is -0.344 e. The number of pyridine rings is 1. The van der Waals surface area contributed by atoms with Gasteiger partial charge in [0.2, 0.25) is 0 Å². The highest BCUT2D eigenvalue weighted by Gasteiger charge is 2.14. The molecule has 4 aromatic rings. The van der Waals surface area contributed by atoms with Crippen LogP contribution in [0.3, 0.4) is 0 Å². The van der Waals surface area contributed by atoms with Gasteiger partial charge >= 0.3 is 0 Å². The molecule has 3 aromatic heterocycles. The van der Waals surface area contributed by atoms with Crippen molar-refractivity contribution in [3.63, 3.8) is 0 Å². The number of benzene rings is 1. The summed E-state index contributed by atoms with van der Waals surface area (Å²) in [5.74, 6) is 0.0583. The number of Topliss-reactive ketones (excluding diaryl/α,β-unsaturated/α-hetero) is 1. The van der Waals surface area contributed by atoms with Crippen LogP contribution in [0.25, 0.3) is 27.6 Å². The van der Waals surface area contributed by atoms with Crippen LogP contribution >= 0.6 is 0 Å². The van der Waals surface area contributed by atoms with Gasteiger partial charge in [-0.05, 0) is 31.2 Å². The van der Waals surface area contributed by atoms with Crippen molar-refractivity contribution in [3.05, 3.63) is 60.6 Å². The Morgan fingerprint density at radius 1 is 1.33 bits per heavy atom. The fourth-order valence-electron chi connectivity index (χ4n) is 2.74. The van der Waals surface area contributed by atoms with Gasteiger partial charge in [0.25, 0.3) is 0 Å². The summed E-state index contributed by atoms with van der Waals surface area (Å²) in [6.07, 6.45) is 5.55. The molecule has 0 bridgehead atoms. The van der Waals surface area contributed by atoms with E-state index in [1.54, 1.807) is 13.1 Å². The predicted octanol–water partition coefficient (Wildman–Crippen LogP) is 3.51. The zero-order valence-corrected chi connectivity index (χ0v) is 11.4. The Bertz CT molecular complexity index is 978. The zero-order valence-electron chi connectivity index (χ0n) is 11.4. The van der Waals surface area contributed by atoms with Crippen molar-refractivity contribution in [1.82, 2.24) is 14.5 Å². The van der Waals surface area contributed by atoms with E-state index < -0.39 is 0 Å². The highest BCUT2D eigenvalue weighted by atomic mass is 16.1. The molecule has 1 N–H and O–H groups in total. The molecule has 0 saturated heterocycles. The van der Waals surface area contributed by atoms with E-state index in [0.29, 0.717) is 0 Å². The molecule has 4 heteroatoms. The van der Waals surface area contributed by atoms with Crippen LogP contribution in [0.4, 0.5) is 0 Å². The lowest BCUT2D eigenvalue weighted by Crippen LogP contribution is -1.91. The summed E-state index contributed by atoms with van der Waals surface area (Å²) < 4.78 is 2.02. The fraction of sp³-hybridized carbons (Fsp3) is 0.0588. The van der Waals surface area contributed by atoms with Gasteiger partial charge in [0.15, 0.2) is 5.78 Å². The summed E-state index contributed by atoms with van der Waals surface area (Å²) in [7, 11) is 0. The first kappa shape index (κ1) is 11.9. The molecule has 3 heterocycles. The third kappa shape index (κ3) is 1.69. The standard InChI is InChI=1S/C17H12N3O/c1-11(21)14-10-20(15-7-3-2-5-12(14)15)16-9-19-17-13(16)6-4-8-18-17/h2,4-10H,1H3,(H,18,19). The van der Waals surface area contributed by atoms with E-state index in [-0.39, 0.29) is 5.78 Å². The molecule has 0 aliphatic heterocycles. The van der Waals surface area contributed by atoms with Gasteiger partial charge < -0.3 is 9.55 Å². The molecule has 0 aliphatic carbocycles. The maximum atomic E-state index is 11.9. The summed E-state index contributed by atoms with van der Waals surface area (Å²) in [5.41, 5.74) is 3.50. The van der Waals surface area contributed by atoms with Crippen LogP contribution < -0.4 is 0 Å². The molecule has 4 rings (SSSR count). The second kappa shape index (κ2) is 4.31. The lowest BCUT2D eigenvalue weighted by atomic mass is 10.1. The van der Waals surface area contributed by atoms with Crippen LogP contribution in [-0.2, 0) is 0 Å². The van der Waals surface area contributed by atoms with E-state index >= 15 is 0 Å². The molecule has 101 valence electrons. The maximum absolute atomic E-state index is 11.9. The second-order valence-electron chi connectivity index (χ2n) is 4.99. The molecule has 0 aliphatic rings. The van der Waals surface area contributed by atoms with Crippen molar-refractivity contribution in [2.75, 3.05) is 0 Å². The number of hydrogen-bond donors (Lipinski definition) is 1. The monoisotopic (exact) mass is 274 g/mol. The number of carbonyl (C=O) groups excluding carboxylic acids is 1. The quantitative estimate of drug-likeness (QED) is 0.569. The predicted molar refractivity (Wildman–Crippen MR) is 81.8 cm³/mol. The van der Waals surface area contributed by atoms with Gasteiger partial charge in [-0.3, -0.25) is 4.79 Å². The molecular weight excluding hydrogens is 262 g/mol. The Kier molecular flexibility index (Phi) is 2.44. The van der Waals surface area contributed by atoms with Crippen molar-refractivity contribution in [3.8, 4) is 5.69 Å². The molecule has 1 aromatic carbocycles. The lowest BCUT2D eigenvalue weighted by molar-refractivity contribution is 0.101. The topological polar surface area (TPSA) is 50.7 Å². The summed E-state index contributed by atoms with van der Waals surface area (Å²) in [4.78, 5) is 19.3. The van der Waals surface area contributed by atoms with Crippen LogP contribution in [0.5, 0.6) is 0 Å². The highest BCUT2D eigenvalue weighted by molar-refractivity contribution is 6.07. The Balaban J connectivity index is 2.09. The average molecular weight is 274 g/mol. The first-order chi connectivity index (χ1) is 10.3. The molecule has 4 nitrogen and oxygen atoms in total. The Hall–Kier alpha value is -2.88. The number of nitrogens with one attached hydrogen (secondary N) is 1. The number of H-pyrrole nitrogens is 1. The Morgan fingerprint density at radius 3 is 3.10 bits per heavy atom. The largest absolute Gasteiger partial charge is 0.344 e. The maximum Gasteiger partial charge on any atom is 0.161 e. The van der Waals surface area contributed by atoms with Gasteiger partial charge in [-0.15, -0.1) is 0 Å². The number of fused-ring (bicyclic) bond motifs is 2. The Morgan fingerprint density at radius 2 is 2.24 bits per heavy atom. The number of aromatic amines is 1. The smallest absolute Gasteiger partial charge is 0.161 e. The van der Waals surface area contributed by atoms with Crippen LogP contribution in [0, 0.1) is 6.07 Å². The van der Waals surface area contributed by atoms with Gasteiger partial charge in [-0.1, -0.05) is 12.1 Å². The van der Waals surface area contributed by atoms with Crippen molar-refractivity contribution in [2.45, 2.75) is 6.92 Å². The number of hydrogen-bond acceptors (Lipinski definition) is 2. The summed E-state index contributed by atoms with van der Waals surface area (Å²) in [6, 6.07) is 12.7. The molecule has 0 atom stereocenters. The van der Waals surface area contributed by atoms with Crippen molar-refractivity contribution < 1.29 is 4.79 Å². The minimum atomic E-state index is 0.0583. The minimum absolute atomic E-state index is 0.0583. The molecule has 0 fully saturated rings. The fourth-order valence-corrected chi connectivity index (χ4v) is 2.74. The molecule has 0 unspecified atom stereocenters. The van der Waals surface area contributed by atoms with Gasteiger partial charge in [0.05, 0.1) is 11.2 Å². The summed E-state index contributed by atoms with van der Waals surface area (Å²) in [6.45, 7) is 1.59. The first-order valence-electron chi connectivity index (χ1n) is 6.70. The SMILES string of the molecule is CC(=O)c1cn(-c2c[nH]c3ncccc23)c2c[c]ccc12. The van der Waals surface area contributed by atoms with Crippen LogP contribution in [0.2, 0.25) is 0 Å². The molecular formula is C17H12N3O. The molecule has 1 radical (unpaired) electrons. The number of ketones is 1. The number of carbonyl (C=O) groups is 1. The van der Waals surface area contributed by atoms with E-state index in [1.807, 2.05) is 47.3 Å². The van der Waals surface area contributed by atoms with Crippen LogP contribution in [0.15, 0.2) is 48.9 Å². The number of nitrogens with zero attached hydrogens (tertiary/aromatic N) is 2. The number of aromatic nitrogens is 3. The highest BCUT2D eigenvalue weighted by Crippen LogP contribution is 2.28. The summed E-state index contributed by atoms with van der Waals surface area (Å²) in [5, 5.41) is 1.97. The lowest BCUT2D eigenvalue weighted by Gasteiger charge is -2.02. The zero-order chi connectivity index (χ0) is 14.4. The first-order valence-corrected chi connectivity index (χ1v) is 6.70. The molecule has 21 heavy (non-hydrogen) atoms. The normalized spacial score (nSPS) is 11.3. The Labute approximate surface area is 121 Å². The molecule has 0 spiro atoms. The van der Waals surface area contributed by atoms with E-state index in [4.69, 9.17) is 0 Å². The van der Waals surface area contributed by atoms with Crippen molar-refractivity contribution >= 4 is 27.7 Å². The molecule has 0 amide bonds. The molecule has 0 saturated carbocycles. The van der Waals surface area contributed by atoms with Crippen LogP contribution in [0.1, 0.15) is 17.3 Å². The summed E-state index contributed by atoms with van der Waals surface area (Å²) >= 11 is 0. The van der Waals surface area contributed by atoms with Crippen LogP contribution in [-0.4, -0.2) is 20.3 Å².